The van der Waals surface area contributed by atoms with Crippen molar-refractivity contribution in [2.75, 3.05) is 39.3 Å². The Morgan fingerprint density at radius 3 is 2.31 bits per heavy atom. The molecule has 6 heteroatoms. The molecule has 2 aromatic carbocycles. The van der Waals surface area contributed by atoms with Crippen LogP contribution in [0.3, 0.4) is 0 Å². The summed E-state index contributed by atoms with van der Waals surface area (Å²) in [5, 5.41) is 10.6. The smallest absolute Gasteiger partial charge is 0.204 e. The van der Waals surface area contributed by atoms with Gasteiger partial charge >= 0.3 is 0 Å². The number of hydrogen-bond donors (Lipinski definition) is 0. The van der Waals surface area contributed by atoms with E-state index in [2.05, 4.69) is 46.3 Å². The third-order valence-corrected chi connectivity index (χ3v) is 5.87. The molecule has 0 saturated carbocycles. The maximum absolute atomic E-state index is 5.63. The Hall–Kier alpha value is -3.02. The summed E-state index contributed by atoms with van der Waals surface area (Å²) in [5.74, 6) is 3.26. The highest BCUT2D eigenvalue weighted by atomic mass is 16.5. The van der Waals surface area contributed by atoms with E-state index in [9.17, 15) is 0 Å². The number of piperidine rings is 1. The summed E-state index contributed by atoms with van der Waals surface area (Å²) in [4.78, 5) is 2.31. The fraction of sp³-hybridized carbons (Fsp3) is 0.391. The molecular formula is C23H27N3O3. The number of fused-ring (bicyclic) bond motifs is 1. The Kier molecular flexibility index (Phi) is 5.43. The molecule has 0 bridgehead atoms. The highest BCUT2D eigenvalue weighted by Crippen LogP contribution is 2.45. The van der Waals surface area contributed by atoms with E-state index in [0.717, 1.165) is 42.5 Å². The van der Waals surface area contributed by atoms with Gasteiger partial charge in [-0.15, -0.1) is 5.10 Å². The van der Waals surface area contributed by atoms with Crippen molar-refractivity contribution in [3.8, 4) is 17.2 Å². The molecule has 0 N–H and O–H groups in total. The van der Waals surface area contributed by atoms with Crippen molar-refractivity contribution in [1.29, 1.82) is 0 Å². The van der Waals surface area contributed by atoms with Crippen LogP contribution < -0.4 is 19.1 Å². The standard InChI is InChI=1S/C23H27N3O3/c1-15-7-5-6-8-17(15)16-9-11-26(12-10-16)23-18-13-20(27-2)22(29-4)21(28-3)19(18)14-24-25-23/h5-8,13-14,16H,9-12H2,1-4H3. The van der Waals surface area contributed by atoms with Crippen LogP contribution in [0.1, 0.15) is 29.9 Å². The predicted octanol–water partition coefficient (Wildman–Crippen LogP) is 4.35. The lowest BCUT2D eigenvalue weighted by Gasteiger charge is -2.34. The van der Waals surface area contributed by atoms with Crippen molar-refractivity contribution in [3.63, 3.8) is 0 Å². The second kappa shape index (κ2) is 8.15. The summed E-state index contributed by atoms with van der Waals surface area (Å²) in [7, 11) is 4.87. The number of aromatic nitrogens is 2. The Balaban J connectivity index is 1.68. The van der Waals surface area contributed by atoms with Gasteiger partial charge in [-0.3, -0.25) is 0 Å². The minimum absolute atomic E-state index is 0.569. The van der Waals surface area contributed by atoms with Crippen LogP contribution in [0.4, 0.5) is 5.82 Å². The van der Waals surface area contributed by atoms with Crippen molar-refractivity contribution >= 4 is 16.6 Å². The number of benzene rings is 2. The van der Waals surface area contributed by atoms with Crippen LogP contribution in [-0.2, 0) is 0 Å². The second-order valence-electron chi connectivity index (χ2n) is 7.39. The molecule has 29 heavy (non-hydrogen) atoms. The third-order valence-electron chi connectivity index (χ3n) is 5.87. The molecule has 0 aliphatic carbocycles. The number of anilines is 1. The monoisotopic (exact) mass is 393 g/mol. The summed E-state index contributed by atoms with van der Waals surface area (Å²) in [5.41, 5.74) is 2.83. The lowest BCUT2D eigenvalue weighted by molar-refractivity contribution is 0.327. The second-order valence-corrected chi connectivity index (χ2v) is 7.39. The first kappa shape index (κ1) is 19.3. The largest absolute Gasteiger partial charge is 0.493 e. The predicted molar refractivity (Wildman–Crippen MR) is 115 cm³/mol. The number of hydrogen-bond acceptors (Lipinski definition) is 6. The molecule has 1 aliphatic heterocycles. The zero-order valence-electron chi connectivity index (χ0n) is 17.4. The van der Waals surface area contributed by atoms with Crippen LogP contribution in [0.2, 0.25) is 0 Å². The highest BCUT2D eigenvalue weighted by Gasteiger charge is 2.26. The summed E-state index contributed by atoms with van der Waals surface area (Å²) < 4.78 is 16.7. The van der Waals surface area contributed by atoms with Gasteiger partial charge in [-0.25, -0.2) is 0 Å². The first-order chi connectivity index (χ1) is 14.2. The van der Waals surface area contributed by atoms with Crippen LogP contribution in [0.15, 0.2) is 36.5 Å². The average Bonchev–Trinajstić information content (AvgIpc) is 2.77. The molecule has 0 spiro atoms. The molecule has 1 aliphatic rings. The number of methoxy groups -OCH3 is 3. The van der Waals surface area contributed by atoms with Crippen molar-refractivity contribution < 1.29 is 14.2 Å². The Morgan fingerprint density at radius 2 is 1.66 bits per heavy atom. The van der Waals surface area contributed by atoms with Crippen molar-refractivity contribution in [1.82, 2.24) is 10.2 Å². The van der Waals surface area contributed by atoms with Gasteiger partial charge in [-0.2, -0.15) is 5.10 Å². The van der Waals surface area contributed by atoms with Gasteiger partial charge in [0.15, 0.2) is 17.3 Å². The van der Waals surface area contributed by atoms with Crippen LogP contribution in [-0.4, -0.2) is 44.6 Å². The molecule has 0 amide bonds. The number of rotatable bonds is 5. The van der Waals surface area contributed by atoms with E-state index in [1.807, 2.05) is 6.07 Å². The van der Waals surface area contributed by atoms with Crippen LogP contribution in [0, 0.1) is 6.92 Å². The molecule has 152 valence electrons. The van der Waals surface area contributed by atoms with Gasteiger partial charge in [-0.1, -0.05) is 24.3 Å². The molecular weight excluding hydrogens is 366 g/mol. The third kappa shape index (κ3) is 3.43. The number of nitrogens with zero attached hydrogens (tertiary/aromatic N) is 3. The van der Waals surface area contributed by atoms with Crippen LogP contribution >= 0.6 is 0 Å². The summed E-state index contributed by atoms with van der Waals surface area (Å²) in [6.45, 7) is 4.07. The van der Waals surface area contributed by atoms with E-state index < -0.39 is 0 Å². The molecule has 1 saturated heterocycles. The van der Waals surface area contributed by atoms with Gasteiger partial charge in [0, 0.05) is 18.5 Å². The molecule has 3 aromatic rings. The van der Waals surface area contributed by atoms with Gasteiger partial charge < -0.3 is 19.1 Å². The summed E-state index contributed by atoms with van der Waals surface area (Å²) in [6.07, 6.45) is 3.90. The first-order valence-electron chi connectivity index (χ1n) is 9.92. The fourth-order valence-corrected chi connectivity index (χ4v) is 4.37. The molecule has 4 rings (SSSR count). The van der Waals surface area contributed by atoms with E-state index in [1.165, 1.54) is 11.1 Å². The number of ether oxygens (including phenoxy) is 3. The maximum Gasteiger partial charge on any atom is 0.204 e. The van der Waals surface area contributed by atoms with E-state index in [1.54, 1.807) is 27.5 Å². The molecule has 0 radical (unpaired) electrons. The lowest BCUT2D eigenvalue weighted by atomic mass is 9.87. The van der Waals surface area contributed by atoms with E-state index in [0.29, 0.717) is 23.2 Å². The van der Waals surface area contributed by atoms with Crippen molar-refractivity contribution in [2.24, 2.45) is 0 Å². The Bertz CT molecular complexity index is 1010. The minimum Gasteiger partial charge on any atom is -0.493 e. The quantitative estimate of drug-likeness (QED) is 0.642. The van der Waals surface area contributed by atoms with Crippen molar-refractivity contribution in [3.05, 3.63) is 47.7 Å². The fourth-order valence-electron chi connectivity index (χ4n) is 4.37. The van der Waals surface area contributed by atoms with Gasteiger partial charge in [0.05, 0.1) is 32.9 Å². The Morgan fingerprint density at radius 1 is 0.931 bits per heavy atom. The van der Waals surface area contributed by atoms with E-state index >= 15 is 0 Å². The SMILES string of the molecule is COc1cc2c(N3CCC(c4ccccc4C)CC3)nncc2c(OC)c1OC. The molecule has 1 aromatic heterocycles. The lowest BCUT2D eigenvalue weighted by Crippen LogP contribution is -2.34. The van der Waals surface area contributed by atoms with Gasteiger partial charge in [0.25, 0.3) is 0 Å². The zero-order chi connectivity index (χ0) is 20.4. The van der Waals surface area contributed by atoms with Gasteiger partial charge in [0.1, 0.15) is 0 Å². The topological polar surface area (TPSA) is 56.7 Å². The average molecular weight is 393 g/mol. The minimum atomic E-state index is 0.569. The van der Waals surface area contributed by atoms with Crippen LogP contribution in [0.25, 0.3) is 10.8 Å². The van der Waals surface area contributed by atoms with E-state index in [-0.39, 0.29) is 0 Å². The zero-order valence-corrected chi connectivity index (χ0v) is 17.4. The maximum atomic E-state index is 5.63. The summed E-state index contributed by atoms with van der Waals surface area (Å²) in [6, 6.07) is 10.7. The molecule has 2 heterocycles. The molecule has 0 atom stereocenters. The highest BCUT2D eigenvalue weighted by molar-refractivity contribution is 5.99. The first-order valence-corrected chi connectivity index (χ1v) is 9.92. The molecule has 6 nitrogen and oxygen atoms in total. The Labute approximate surface area is 171 Å². The normalized spacial score (nSPS) is 14.8. The van der Waals surface area contributed by atoms with Crippen LogP contribution in [0.5, 0.6) is 17.2 Å². The molecule has 1 fully saturated rings. The van der Waals surface area contributed by atoms with Crippen molar-refractivity contribution in [2.45, 2.75) is 25.7 Å². The number of aryl methyl sites for hydroxylation is 1. The van der Waals surface area contributed by atoms with E-state index in [4.69, 9.17) is 14.2 Å². The summed E-state index contributed by atoms with van der Waals surface area (Å²) >= 11 is 0. The van der Waals surface area contributed by atoms with Gasteiger partial charge in [-0.05, 0) is 42.9 Å². The molecule has 0 unspecified atom stereocenters. The van der Waals surface area contributed by atoms with Gasteiger partial charge in [0.2, 0.25) is 5.75 Å².